The Labute approximate surface area is 135 Å². The zero-order valence-electron chi connectivity index (χ0n) is 13.5. The number of nitrogens with two attached hydrogens (primary N) is 1. The Hall–Kier alpha value is -2.19. The van der Waals surface area contributed by atoms with E-state index in [0.29, 0.717) is 31.9 Å². The highest BCUT2D eigenvalue weighted by atomic mass is 16.5. The number of amides is 3. The van der Waals surface area contributed by atoms with Crippen molar-refractivity contribution in [3.8, 4) is 0 Å². The van der Waals surface area contributed by atoms with Gasteiger partial charge in [-0.3, -0.25) is 14.7 Å². The number of aromatic nitrogens is 1. The van der Waals surface area contributed by atoms with Crippen LogP contribution in [0.5, 0.6) is 0 Å². The summed E-state index contributed by atoms with van der Waals surface area (Å²) in [4.78, 5) is 30.8. The van der Waals surface area contributed by atoms with E-state index in [1.165, 1.54) is 0 Å². The quantitative estimate of drug-likeness (QED) is 0.797. The van der Waals surface area contributed by atoms with E-state index < -0.39 is 0 Å². The maximum Gasteiger partial charge on any atom is 0.322 e. The molecule has 0 saturated carbocycles. The smallest absolute Gasteiger partial charge is 0.322 e. The van der Waals surface area contributed by atoms with Crippen molar-refractivity contribution in [1.82, 2.24) is 14.8 Å². The van der Waals surface area contributed by atoms with Gasteiger partial charge in [0.2, 0.25) is 5.91 Å². The molecule has 3 amide bonds. The van der Waals surface area contributed by atoms with Gasteiger partial charge in [-0.1, -0.05) is 0 Å². The molecule has 1 atom stereocenters. The van der Waals surface area contributed by atoms with E-state index in [9.17, 15) is 9.59 Å². The lowest BCUT2D eigenvalue weighted by Gasteiger charge is -2.34. The Balaban J connectivity index is 1.89. The Morgan fingerprint density at radius 1 is 1.57 bits per heavy atom. The van der Waals surface area contributed by atoms with Crippen LogP contribution in [0.1, 0.15) is 5.56 Å². The number of morpholine rings is 1. The third kappa shape index (κ3) is 5.19. The van der Waals surface area contributed by atoms with Crippen molar-refractivity contribution in [3.05, 3.63) is 24.0 Å². The normalized spacial score (nSPS) is 18.0. The lowest BCUT2D eigenvalue weighted by Crippen LogP contribution is -2.51. The highest BCUT2D eigenvalue weighted by Crippen LogP contribution is 2.14. The molecule has 0 aliphatic carbocycles. The van der Waals surface area contributed by atoms with Crippen molar-refractivity contribution in [1.29, 1.82) is 0 Å². The highest BCUT2D eigenvalue weighted by molar-refractivity contribution is 5.90. The third-order valence-electron chi connectivity index (χ3n) is 3.65. The van der Waals surface area contributed by atoms with E-state index in [2.05, 4.69) is 10.3 Å². The molecule has 23 heavy (non-hydrogen) atoms. The first kappa shape index (κ1) is 17.2. The second kappa shape index (κ2) is 7.89. The summed E-state index contributed by atoms with van der Waals surface area (Å²) in [5, 5.41) is 2.87. The third-order valence-corrected chi connectivity index (χ3v) is 3.65. The number of hydrogen-bond acceptors (Lipinski definition) is 5. The highest BCUT2D eigenvalue weighted by Gasteiger charge is 2.25. The molecular formula is C15H23N5O3. The lowest BCUT2D eigenvalue weighted by atomic mass is 10.2. The van der Waals surface area contributed by atoms with Crippen molar-refractivity contribution < 1.29 is 14.3 Å². The Bertz CT molecular complexity index is 566. The Kier molecular flexibility index (Phi) is 5.89. The number of pyridine rings is 1. The molecule has 126 valence electrons. The molecule has 1 aromatic rings. The minimum Gasteiger partial charge on any atom is -0.373 e. The monoisotopic (exact) mass is 321 g/mol. The SMILES string of the molecule is Cc1ccncc1NC(=O)N1CCO[C@@H](CN(C)CC(N)=O)C1. The summed E-state index contributed by atoms with van der Waals surface area (Å²) in [5.74, 6) is -0.384. The molecule has 0 bridgehead atoms. The molecule has 2 rings (SSSR count). The molecule has 0 unspecified atom stereocenters. The first-order valence-corrected chi connectivity index (χ1v) is 7.50. The van der Waals surface area contributed by atoms with Crippen LogP contribution < -0.4 is 11.1 Å². The fraction of sp³-hybridized carbons (Fsp3) is 0.533. The average Bonchev–Trinajstić information content (AvgIpc) is 2.49. The summed E-state index contributed by atoms with van der Waals surface area (Å²) in [7, 11) is 1.80. The van der Waals surface area contributed by atoms with Gasteiger partial charge in [-0.05, 0) is 25.6 Å². The van der Waals surface area contributed by atoms with E-state index in [1.54, 1.807) is 29.2 Å². The number of rotatable bonds is 5. The second-order valence-electron chi connectivity index (χ2n) is 5.72. The number of urea groups is 1. The van der Waals surface area contributed by atoms with E-state index in [1.807, 2.05) is 13.0 Å². The standard InChI is InChI=1S/C15H23N5O3/c1-11-3-4-17-7-13(11)18-15(22)20-5-6-23-12(9-20)8-19(2)10-14(16)21/h3-4,7,12H,5-6,8-10H2,1-2H3,(H2,16,21)(H,18,22)/t12-/m0/s1. The molecule has 1 aliphatic heterocycles. The van der Waals surface area contributed by atoms with Crippen molar-refractivity contribution >= 4 is 17.6 Å². The number of nitrogens with zero attached hydrogens (tertiary/aromatic N) is 3. The van der Waals surface area contributed by atoms with Crippen LogP contribution >= 0.6 is 0 Å². The number of nitrogens with one attached hydrogen (secondary N) is 1. The van der Waals surface area contributed by atoms with Gasteiger partial charge in [0.25, 0.3) is 0 Å². The lowest BCUT2D eigenvalue weighted by molar-refractivity contribution is -0.119. The molecular weight excluding hydrogens is 298 g/mol. The number of carbonyl (C=O) groups excluding carboxylic acids is 2. The summed E-state index contributed by atoms with van der Waals surface area (Å²) in [6.45, 7) is 4.09. The fourth-order valence-corrected chi connectivity index (χ4v) is 2.48. The first-order chi connectivity index (χ1) is 11.0. The summed E-state index contributed by atoms with van der Waals surface area (Å²) in [6, 6.07) is 1.67. The zero-order chi connectivity index (χ0) is 16.8. The second-order valence-corrected chi connectivity index (χ2v) is 5.72. The van der Waals surface area contributed by atoms with E-state index in [0.717, 1.165) is 5.56 Å². The van der Waals surface area contributed by atoms with Crippen LogP contribution in [0.3, 0.4) is 0 Å². The molecule has 0 aromatic carbocycles. The summed E-state index contributed by atoms with van der Waals surface area (Å²) in [6.07, 6.45) is 3.17. The summed E-state index contributed by atoms with van der Waals surface area (Å²) >= 11 is 0. The maximum absolute atomic E-state index is 12.4. The van der Waals surface area contributed by atoms with Crippen LogP contribution in [0.25, 0.3) is 0 Å². The minimum absolute atomic E-state index is 0.145. The molecule has 3 N–H and O–H groups in total. The maximum atomic E-state index is 12.4. The summed E-state index contributed by atoms with van der Waals surface area (Å²) < 4.78 is 5.66. The summed E-state index contributed by atoms with van der Waals surface area (Å²) in [5.41, 5.74) is 6.83. The number of hydrogen-bond donors (Lipinski definition) is 2. The van der Waals surface area contributed by atoms with Crippen LogP contribution in [-0.4, -0.2) is 72.7 Å². The van der Waals surface area contributed by atoms with Gasteiger partial charge in [0, 0.05) is 25.8 Å². The number of anilines is 1. The van der Waals surface area contributed by atoms with E-state index >= 15 is 0 Å². The number of ether oxygens (including phenoxy) is 1. The van der Waals surface area contributed by atoms with Crippen LogP contribution in [0.15, 0.2) is 18.5 Å². The Morgan fingerprint density at radius 2 is 2.35 bits per heavy atom. The van der Waals surface area contributed by atoms with Gasteiger partial charge in [0.05, 0.1) is 31.1 Å². The molecule has 0 spiro atoms. The van der Waals surface area contributed by atoms with Gasteiger partial charge in [0.15, 0.2) is 0 Å². The Morgan fingerprint density at radius 3 is 3.04 bits per heavy atom. The molecule has 1 aromatic heterocycles. The molecule has 2 heterocycles. The van der Waals surface area contributed by atoms with E-state index in [-0.39, 0.29) is 24.6 Å². The van der Waals surface area contributed by atoms with Crippen LogP contribution in [0.2, 0.25) is 0 Å². The minimum atomic E-state index is -0.384. The predicted octanol–water partition coefficient (Wildman–Crippen LogP) is 0.0398. The van der Waals surface area contributed by atoms with Gasteiger partial charge in [-0.25, -0.2) is 4.79 Å². The number of likely N-dealkylation sites (N-methyl/N-ethyl adjacent to an activating group) is 1. The largest absolute Gasteiger partial charge is 0.373 e. The van der Waals surface area contributed by atoms with Gasteiger partial charge in [0.1, 0.15) is 0 Å². The molecule has 8 heteroatoms. The topological polar surface area (TPSA) is 101 Å². The molecule has 1 aliphatic rings. The van der Waals surface area contributed by atoms with Crippen molar-refractivity contribution in [3.63, 3.8) is 0 Å². The molecule has 1 fully saturated rings. The molecule has 1 saturated heterocycles. The van der Waals surface area contributed by atoms with Crippen molar-refractivity contribution in [2.45, 2.75) is 13.0 Å². The fourth-order valence-electron chi connectivity index (χ4n) is 2.48. The first-order valence-electron chi connectivity index (χ1n) is 7.50. The number of aryl methyl sites for hydroxylation is 1. The van der Waals surface area contributed by atoms with Crippen molar-refractivity contribution in [2.24, 2.45) is 5.73 Å². The van der Waals surface area contributed by atoms with Gasteiger partial charge in [-0.15, -0.1) is 0 Å². The van der Waals surface area contributed by atoms with Gasteiger partial charge >= 0.3 is 6.03 Å². The number of carbonyl (C=O) groups is 2. The van der Waals surface area contributed by atoms with Gasteiger partial charge in [-0.2, -0.15) is 0 Å². The average molecular weight is 321 g/mol. The van der Waals surface area contributed by atoms with Crippen LogP contribution in [0.4, 0.5) is 10.5 Å². The van der Waals surface area contributed by atoms with Crippen molar-refractivity contribution in [2.75, 3.05) is 45.2 Å². The predicted molar refractivity (Wildman–Crippen MR) is 86.0 cm³/mol. The van der Waals surface area contributed by atoms with Crippen LogP contribution in [0, 0.1) is 6.92 Å². The molecule has 0 radical (unpaired) electrons. The molecule has 8 nitrogen and oxygen atoms in total. The van der Waals surface area contributed by atoms with E-state index in [4.69, 9.17) is 10.5 Å². The number of primary amides is 1. The van der Waals surface area contributed by atoms with Crippen LogP contribution in [-0.2, 0) is 9.53 Å². The van der Waals surface area contributed by atoms with Gasteiger partial charge < -0.3 is 20.7 Å². The zero-order valence-corrected chi connectivity index (χ0v) is 13.5.